The smallest absolute Gasteiger partial charge is 0.333 e. The van der Waals surface area contributed by atoms with Gasteiger partial charge in [-0.2, -0.15) is 0 Å². The number of methoxy groups -OCH3 is 2. The first kappa shape index (κ1) is 41.1. The monoisotopic (exact) mass is 789 g/mol. The van der Waals surface area contributed by atoms with Crippen LogP contribution in [0.3, 0.4) is 0 Å². The lowest BCUT2D eigenvalue weighted by molar-refractivity contribution is -0.187. The highest BCUT2D eigenvalue weighted by Gasteiger charge is 2.71. The molecule has 10 heteroatoms. The van der Waals surface area contributed by atoms with Crippen LogP contribution in [0.25, 0.3) is 22.8 Å². The van der Waals surface area contributed by atoms with Gasteiger partial charge in [0.15, 0.2) is 17.0 Å². The first-order chi connectivity index (χ1) is 27.4. The van der Waals surface area contributed by atoms with Crippen LogP contribution in [-0.2, 0) is 20.7 Å². The fourth-order valence-electron chi connectivity index (χ4n) is 9.53. The van der Waals surface area contributed by atoms with E-state index in [2.05, 4.69) is 89.6 Å². The molecule has 3 aromatic rings. The lowest BCUT2D eigenvalue weighted by atomic mass is 9.53. The molecule has 10 nitrogen and oxygen atoms in total. The molecule has 0 bridgehead atoms. The zero-order valence-corrected chi connectivity index (χ0v) is 36.1. The van der Waals surface area contributed by atoms with Crippen molar-refractivity contribution in [2.45, 2.75) is 118 Å². The van der Waals surface area contributed by atoms with Gasteiger partial charge in [0, 0.05) is 35.0 Å². The number of Topliss-reactive ketones (excluding diaryl/α,β-unsaturated/α-hetero) is 1. The van der Waals surface area contributed by atoms with E-state index in [0.717, 1.165) is 46.1 Å². The Morgan fingerprint density at radius 1 is 1.03 bits per heavy atom. The Morgan fingerprint density at radius 2 is 1.74 bits per heavy atom. The number of rotatable bonds is 11. The number of esters is 1. The molecule has 1 aromatic heterocycles. The molecule has 1 fully saturated rings. The molecule has 1 saturated carbocycles. The third-order valence-corrected chi connectivity index (χ3v) is 12.9. The predicted molar refractivity (Wildman–Crippen MR) is 229 cm³/mol. The molecule has 58 heavy (non-hydrogen) atoms. The summed E-state index contributed by atoms with van der Waals surface area (Å²) in [6.45, 7) is 20.1. The number of aromatic nitrogens is 2. The molecule has 2 N–H and O–H groups in total. The highest BCUT2D eigenvalue weighted by molar-refractivity contribution is 6.02. The van der Waals surface area contributed by atoms with E-state index in [1.54, 1.807) is 20.1 Å². The van der Waals surface area contributed by atoms with E-state index in [1.165, 1.54) is 12.7 Å². The number of hydrogen-bond donors (Lipinski definition) is 2. The molecule has 308 valence electrons. The number of benzene rings is 2. The molecule has 6 atom stereocenters. The number of anilines is 1. The normalized spacial score (nSPS) is 26.0. The van der Waals surface area contributed by atoms with Crippen molar-refractivity contribution in [3.05, 3.63) is 87.6 Å². The summed E-state index contributed by atoms with van der Waals surface area (Å²) in [4.78, 5) is 33.3. The second-order valence-electron chi connectivity index (χ2n) is 17.6. The van der Waals surface area contributed by atoms with Crippen molar-refractivity contribution >= 4 is 40.5 Å². The maximum Gasteiger partial charge on any atom is 0.333 e. The Bertz CT molecular complexity index is 2350. The van der Waals surface area contributed by atoms with Gasteiger partial charge in [-0.1, -0.05) is 69.2 Å². The molecule has 1 aliphatic carbocycles. The third-order valence-electron chi connectivity index (χ3n) is 12.9. The number of nitrogens with zero attached hydrogens (tertiary/aromatic N) is 2. The van der Waals surface area contributed by atoms with E-state index in [-0.39, 0.29) is 23.7 Å². The lowest BCUT2D eigenvalue weighted by Gasteiger charge is -2.61. The molecule has 3 aliphatic heterocycles. The first-order valence-corrected chi connectivity index (χ1v) is 20.6. The van der Waals surface area contributed by atoms with Gasteiger partial charge in [0.05, 0.1) is 48.1 Å². The van der Waals surface area contributed by atoms with Gasteiger partial charge < -0.3 is 33.9 Å². The maximum atomic E-state index is 15.4. The van der Waals surface area contributed by atoms with Crippen LogP contribution in [0.4, 0.5) is 5.95 Å². The van der Waals surface area contributed by atoms with Crippen molar-refractivity contribution < 1.29 is 33.6 Å². The van der Waals surface area contributed by atoms with Crippen molar-refractivity contribution in [3.63, 3.8) is 0 Å². The number of ketones is 1. The third kappa shape index (κ3) is 6.21. The summed E-state index contributed by atoms with van der Waals surface area (Å²) in [6, 6.07) is 7.31. The Kier molecular flexibility index (Phi) is 10.6. The van der Waals surface area contributed by atoms with Gasteiger partial charge in [-0.15, -0.1) is 0 Å². The van der Waals surface area contributed by atoms with Crippen LogP contribution in [-0.4, -0.2) is 57.4 Å². The van der Waals surface area contributed by atoms with Crippen molar-refractivity contribution in [2.75, 3.05) is 19.5 Å². The van der Waals surface area contributed by atoms with Gasteiger partial charge in [-0.05, 0) is 91.0 Å². The van der Waals surface area contributed by atoms with Gasteiger partial charge in [-0.25, -0.2) is 9.78 Å². The molecular formula is C48H59N3O7. The van der Waals surface area contributed by atoms with Gasteiger partial charge in [-0.3, -0.25) is 4.79 Å². The number of fused-ring (bicyclic) bond motifs is 7. The molecule has 7 rings (SSSR count). The number of carbonyl (C=O) groups excluding carboxylic acids is 2. The van der Waals surface area contributed by atoms with Crippen molar-refractivity contribution in [3.8, 4) is 17.2 Å². The second-order valence-corrected chi connectivity index (χ2v) is 17.6. The summed E-state index contributed by atoms with van der Waals surface area (Å²) in [5.74, 6) is 0.117. The number of allylic oxidation sites excluding steroid dienone is 4. The van der Waals surface area contributed by atoms with E-state index >= 15 is 4.79 Å². The summed E-state index contributed by atoms with van der Waals surface area (Å²) in [7, 11) is 2.98. The average molecular weight is 790 g/mol. The summed E-state index contributed by atoms with van der Waals surface area (Å²) in [5, 5.41) is 17.4. The molecule has 0 spiro atoms. The van der Waals surface area contributed by atoms with Crippen LogP contribution >= 0.6 is 0 Å². The van der Waals surface area contributed by atoms with Crippen LogP contribution in [0.5, 0.6) is 17.2 Å². The van der Waals surface area contributed by atoms with E-state index in [1.807, 2.05) is 31.2 Å². The van der Waals surface area contributed by atoms with Gasteiger partial charge >= 0.3 is 5.97 Å². The molecule has 0 radical (unpaired) electrons. The minimum Gasteiger partial charge on any atom is -0.495 e. The van der Waals surface area contributed by atoms with E-state index in [4.69, 9.17) is 23.9 Å². The quantitative estimate of drug-likeness (QED) is 0.111. The molecule has 2 aromatic carbocycles. The Balaban J connectivity index is 1.61. The van der Waals surface area contributed by atoms with E-state index in [9.17, 15) is 9.90 Å². The Morgan fingerprint density at radius 3 is 2.40 bits per heavy atom. The van der Waals surface area contributed by atoms with Crippen LogP contribution in [0, 0.1) is 17.8 Å². The topological polar surface area (TPSA) is 121 Å². The van der Waals surface area contributed by atoms with Crippen LogP contribution in [0.2, 0.25) is 0 Å². The minimum absolute atomic E-state index is 0.0754. The Labute approximate surface area is 342 Å². The summed E-state index contributed by atoms with van der Waals surface area (Å²) in [6.07, 6.45) is 12.1. The molecule has 0 amide bonds. The van der Waals surface area contributed by atoms with Crippen LogP contribution in [0.15, 0.2) is 70.9 Å². The predicted octanol–water partition coefficient (Wildman–Crippen LogP) is 9.72. The average Bonchev–Trinajstić information content (AvgIpc) is 3.56. The number of para-hydroxylation sites is 2. The minimum atomic E-state index is -2.13. The highest BCUT2D eigenvalue weighted by atomic mass is 16.5. The Hall–Kier alpha value is -5.09. The van der Waals surface area contributed by atoms with Crippen LogP contribution < -0.4 is 19.5 Å². The molecular weight excluding hydrogens is 731 g/mol. The largest absolute Gasteiger partial charge is 0.495 e. The van der Waals surface area contributed by atoms with Gasteiger partial charge in [0.2, 0.25) is 5.95 Å². The number of carbonyl (C=O) groups is 2. The van der Waals surface area contributed by atoms with E-state index < -0.39 is 40.7 Å². The van der Waals surface area contributed by atoms with Crippen molar-refractivity contribution in [2.24, 2.45) is 17.8 Å². The van der Waals surface area contributed by atoms with Gasteiger partial charge in [0.1, 0.15) is 22.8 Å². The van der Waals surface area contributed by atoms with Gasteiger partial charge in [0.25, 0.3) is 0 Å². The van der Waals surface area contributed by atoms with Crippen molar-refractivity contribution in [1.29, 1.82) is 0 Å². The summed E-state index contributed by atoms with van der Waals surface area (Å²) >= 11 is 0. The first-order valence-electron chi connectivity index (χ1n) is 20.6. The zero-order chi connectivity index (χ0) is 42.1. The molecule has 4 heterocycles. The zero-order valence-electron chi connectivity index (χ0n) is 36.1. The summed E-state index contributed by atoms with van der Waals surface area (Å²) in [5.41, 5.74) is 3.58. The fraction of sp³-hybridized carbons (Fsp3) is 0.479. The molecule has 0 saturated heterocycles. The number of nitrogens with one attached hydrogen (secondary N) is 1. The number of imidazole rings is 1. The van der Waals surface area contributed by atoms with Crippen LogP contribution in [0.1, 0.15) is 111 Å². The fourth-order valence-corrected chi connectivity index (χ4v) is 9.53. The SMILES string of the molecule is COC(=O)/C(C)=C\CC1(O)C(=O)C(C)C2C3=C(Nc4nc5ccccc5n42)c2c(OC)c4c(c(CC=C(C)C)c2OC31C(C)C(C)C)OC(C)(CCC=C(C)C)C=C4. The second kappa shape index (κ2) is 14.9. The lowest BCUT2D eigenvalue weighted by Crippen LogP contribution is -2.74. The molecule has 4 aliphatic rings. The molecule has 6 unspecified atom stereocenters. The number of aliphatic hydroxyl groups is 1. The number of hydrogen-bond acceptors (Lipinski definition) is 9. The highest BCUT2D eigenvalue weighted by Crippen LogP contribution is 2.65. The van der Waals surface area contributed by atoms with E-state index in [0.29, 0.717) is 40.9 Å². The standard InChI is InChI=1S/C48H59N3O7/c1-26(2)16-15-23-46(10)24-22-33-40(57-46)32(20-19-27(3)4)42-36(41(33)55-11)38-37-39(51-35-18-14-13-17-34(35)49-45(51)50-38)30(8)43(52)47(54,25-21-29(7)44(53)56-12)48(37,58-42)31(9)28(5)6/h13-14,16-19,21-22,24,28,30-31,39,54H,15,20,23,25H2,1-12H3,(H,49,50)/b29-21-. The number of ether oxygens (including phenoxy) is 4. The summed E-state index contributed by atoms with van der Waals surface area (Å²) < 4.78 is 28.4. The maximum absolute atomic E-state index is 15.4. The van der Waals surface area contributed by atoms with Crippen molar-refractivity contribution in [1.82, 2.24) is 9.55 Å².